The van der Waals surface area contributed by atoms with Gasteiger partial charge < -0.3 is 15.7 Å². The van der Waals surface area contributed by atoms with Crippen LogP contribution in [0.2, 0.25) is 0 Å². The molecule has 0 radical (unpaired) electrons. The lowest BCUT2D eigenvalue weighted by molar-refractivity contribution is 0.144. The molecule has 2 saturated carbocycles. The fraction of sp³-hybridized carbons (Fsp3) is 0.562. The highest BCUT2D eigenvalue weighted by molar-refractivity contribution is 5.74. The number of fused-ring (bicyclic) bond motifs is 2. The van der Waals surface area contributed by atoms with Crippen LogP contribution in [-0.4, -0.2) is 23.8 Å². The van der Waals surface area contributed by atoms with Crippen LogP contribution in [0.5, 0.6) is 0 Å². The Labute approximate surface area is 123 Å². The van der Waals surface area contributed by atoms with Crippen molar-refractivity contribution in [2.45, 2.75) is 31.8 Å². The average Bonchev–Trinajstić information content (AvgIpc) is 3.07. The Balaban J connectivity index is 1.51. The molecule has 2 bridgehead atoms. The van der Waals surface area contributed by atoms with Crippen molar-refractivity contribution in [3.05, 3.63) is 35.6 Å². The van der Waals surface area contributed by atoms with E-state index < -0.39 is 0 Å². The standard InChI is InChI=1S/C16H21FN2O2/c17-13-5-1-10(2-6-13)8-18-16(21)19-15-12-4-3-11(7-12)14(15)9-20/h1-2,5-6,11-12,14-15,20H,3-4,7-9H2,(H2,18,19,21). The summed E-state index contributed by atoms with van der Waals surface area (Å²) in [5, 5.41) is 15.3. The van der Waals surface area contributed by atoms with E-state index in [0.717, 1.165) is 18.4 Å². The Morgan fingerprint density at radius 1 is 1.24 bits per heavy atom. The number of carbonyl (C=O) groups is 1. The lowest BCUT2D eigenvalue weighted by Crippen LogP contribution is -2.48. The second kappa shape index (κ2) is 6.02. The van der Waals surface area contributed by atoms with Gasteiger partial charge in [-0.2, -0.15) is 0 Å². The van der Waals surface area contributed by atoms with E-state index in [-0.39, 0.29) is 30.4 Å². The molecule has 0 spiro atoms. The minimum absolute atomic E-state index is 0.0852. The largest absolute Gasteiger partial charge is 0.396 e. The van der Waals surface area contributed by atoms with Crippen molar-refractivity contribution in [1.82, 2.24) is 10.6 Å². The smallest absolute Gasteiger partial charge is 0.315 e. The van der Waals surface area contributed by atoms with Crippen LogP contribution < -0.4 is 10.6 Å². The van der Waals surface area contributed by atoms with Gasteiger partial charge in [0.05, 0.1) is 0 Å². The van der Waals surface area contributed by atoms with Gasteiger partial charge in [0.1, 0.15) is 5.82 Å². The number of carbonyl (C=O) groups excluding carboxylic acids is 1. The maximum absolute atomic E-state index is 12.8. The Bertz CT molecular complexity index is 506. The minimum atomic E-state index is -0.282. The molecule has 0 saturated heterocycles. The first kappa shape index (κ1) is 14.3. The molecule has 1 aromatic rings. The molecule has 0 aromatic heterocycles. The fourth-order valence-electron chi connectivity index (χ4n) is 3.89. The van der Waals surface area contributed by atoms with Crippen LogP contribution in [0.1, 0.15) is 24.8 Å². The topological polar surface area (TPSA) is 61.4 Å². The second-order valence-corrected chi connectivity index (χ2v) is 6.16. The summed E-state index contributed by atoms with van der Waals surface area (Å²) in [4.78, 5) is 12.0. The fourth-order valence-corrected chi connectivity index (χ4v) is 3.89. The first-order chi connectivity index (χ1) is 10.2. The van der Waals surface area contributed by atoms with Crippen molar-refractivity contribution >= 4 is 6.03 Å². The van der Waals surface area contributed by atoms with Crippen molar-refractivity contribution in [1.29, 1.82) is 0 Å². The number of hydrogen-bond acceptors (Lipinski definition) is 2. The van der Waals surface area contributed by atoms with Crippen molar-refractivity contribution in [2.75, 3.05) is 6.61 Å². The molecule has 4 nitrogen and oxygen atoms in total. The number of rotatable bonds is 4. The maximum Gasteiger partial charge on any atom is 0.315 e. The van der Waals surface area contributed by atoms with Crippen LogP contribution in [-0.2, 0) is 6.54 Å². The van der Waals surface area contributed by atoms with Crippen molar-refractivity contribution in [2.24, 2.45) is 17.8 Å². The molecular formula is C16H21FN2O2. The second-order valence-electron chi connectivity index (χ2n) is 6.16. The Kier molecular flexibility index (Phi) is 4.10. The molecule has 4 atom stereocenters. The Hall–Kier alpha value is -1.62. The summed E-state index contributed by atoms with van der Waals surface area (Å²) in [5.41, 5.74) is 0.859. The van der Waals surface area contributed by atoms with Gasteiger partial charge in [0.2, 0.25) is 0 Å². The summed E-state index contributed by atoms with van der Waals surface area (Å²) in [5.74, 6) is 0.974. The van der Waals surface area contributed by atoms with Crippen LogP contribution in [0.15, 0.2) is 24.3 Å². The molecule has 0 heterocycles. The number of hydrogen-bond donors (Lipinski definition) is 3. The molecule has 2 fully saturated rings. The summed E-state index contributed by atoms with van der Waals surface area (Å²) < 4.78 is 12.8. The molecule has 3 rings (SSSR count). The van der Waals surface area contributed by atoms with Crippen molar-refractivity contribution in [3.63, 3.8) is 0 Å². The number of aliphatic hydroxyl groups excluding tert-OH is 1. The quantitative estimate of drug-likeness (QED) is 0.795. The first-order valence-electron chi connectivity index (χ1n) is 7.57. The molecular weight excluding hydrogens is 271 g/mol. The van der Waals surface area contributed by atoms with E-state index in [1.165, 1.54) is 18.6 Å². The minimum Gasteiger partial charge on any atom is -0.396 e. The van der Waals surface area contributed by atoms with Gasteiger partial charge in [0.25, 0.3) is 0 Å². The first-order valence-corrected chi connectivity index (χ1v) is 7.57. The number of nitrogens with one attached hydrogen (secondary N) is 2. The molecule has 114 valence electrons. The molecule has 5 heteroatoms. The molecule has 2 aliphatic carbocycles. The van der Waals surface area contributed by atoms with Crippen LogP contribution >= 0.6 is 0 Å². The zero-order valence-electron chi connectivity index (χ0n) is 11.9. The molecule has 4 unspecified atom stereocenters. The highest BCUT2D eigenvalue weighted by Gasteiger charge is 2.47. The monoisotopic (exact) mass is 292 g/mol. The zero-order valence-corrected chi connectivity index (χ0v) is 11.9. The SMILES string of the molecule is O=C(NCc1ccc(F)cc1)NC1C2CCC(C2)C1CO. The average molecular weight is 292 g/mol. The third-order valence-electron chi connectivity index (χ3n) is 4.96. The van der Waals surface area contributed by atoms with Crippen LogP contribution in [0.3, 0.4) is 0 Å². The van der Waals surface area contributed by atoms with Crippen LogP contribution in [0.4, 0.5) is 9.18 Å². The van der Waals surface area contributed by atoms with Crippen LogP contribution in [0, 0.1) is 23.6 Å². The number of amides is 2. The Morgan fingerprint density at radius 2 is 1.95 bits per heavy atom. The molecule has 0 aliphatic heterocycles. The van der Waals surface area contributed by atoms with Gasteiger partial charge in [0.15, 0.2) is 0 Å². The third-order valence-corrected chi connectivity index (χ3v) is 4.96. The van der Waals surface area contributed by atoms with Gasteiger partial charge in [-0.15, -0.1) is 0 Å². The van der Waals surface area contributed by atoms with Crippen LogP contribution in [0.25, 0.3) is 0 Å². The summed E-state index contributed by atoms with van der Waals surface area (Å²) >= 11 is 0. The van der Waals surface area contributed by atoms with Gasteiger partial charge >= 0.3 is 6.03 Å². The van der Waals surface area contributed by atoms with E-state index >= 15 is 0 Å². The molecule has 2 aliphatic rings. The number of aliphatic hydroxyl groups is 1. The predicted molar refractivity (Wildman–Crippen MR) is 77.0 cm³/mol. The summed E-state index contributed by atoms with van der Waals surface area (Å²) in [6, 6.07) is 5.95. The lowest BCUT2D eigenvalue weighted by Gasteiger charge is -2.30. The number of benzene rings is 1. The van der Waals surface area contributed by atoms with Gasteiger partial charge in [0, 0.05) is 25.1 Å². The normalized spacial score (nSPS) is 30.4. The van der Waals surface area contributed by atoms with Crippen molar-refractivity contribution < 1.29 is 14.3 Å². The Morgan fingerprint density at radius 3 is 2.67 bits per heavy atom. The lowest BCUT2D eigenvalue weighted by atomic mass is 9.85. The van der Waals surface area contributed by atoms with Gasteiger partial charge in [-0.05, 0) is 48.8 Å². The van der Waals surface area contributed by atoms with Crippen molar-refractivity contribution in [3.8, 4) is 0 Å². The summed E-state index contributed by atoms with van der Waals surface area (Å²) in [7, 11) is 0. The highest BCUT2D eigenvalue weighted by atomic mass is 19.1. The summed E-state index contributed by atoms with van der Waals surface area (Å²) in [6.45, 7) is 0.515. The molecule has 2 amide bonds. The van der Waals surface area contributed by atoms with E-state index in [1.807, 2.05) is 0 Å². The van der Waals surface area contributed by atoms with E-state index in [1.54, 1.807) is 12.1 Å². The van der Waals surface area contributed by atoms with E-state index in [9.17, 15) is 14.3 Å². The van der Waals surface area contributed by atoms with Gasteiger partial charge in [-0.1, -0.05) is 12.1 Å². The van der Waals surface area contributed by atoms with Gasteiger partial charge in [-0.3, -0.25) is 0 Å². The molecule has 1 aromatic carbocycles. The maximum atomic E-state index is 12.8. The third kappa shape index (κ3) is 3.02. The van der Waals surface area contributed by atoms with E-state index in [2.05, 4.69) is 10.6 Å². The number of urea groups is 1. The summed E-state index contributed by atoms with van der Waals surface area (Å²) in [6.07, 6.45) is 3.43. The highest BCUT2D eigenvalue weighted by Crippen LogP contribution is 2.48. The van der Waals surface area contributed by atoms with E-state index in [0.29, 0.717) is 18.4 Å². The number of halogens is 1. The molecule has 21 heavy (non-hydrogen) atoms. The molecule has 3 N–H and O–H groups in total. The van der Waals surface area contributed by atoms with E-state index in [4.69, 9.17) is 0 Å². The predicted octanol–water partition coefficient (Wildman–Crippen LogP) is 2.03. The van der Waals surface area contributed by atoms with Gasteiger partial charge in [-0.25, -0.2) is 9.18 Å². The zero-order chi connectivity index (χ0) is 14.8.